The second-order valence-corrected chi connectivity index (χ2v) is 5.33. The third-order valence-electron chi connectivity index (χ3n) is 3.34. The first kappa shape index (κ1) is 16.0. The van der Waals surface area contributed by atoms with Crippen LogP contribution in [-0.2, 0) is 4.79 Å². The summed E-state index contributed by atoms with van der Waals surface area (Å²) in [7, 11) is 1.84. The van der Waals surface area contributed by atoms with Crippen LogP contribution in [0.4, 0.5) is 0 Å². The van der Waals surface area contributed by atoms with Gasteiger partial charge in [0.05, 0.1) is 6.04 Å². The van der Waals surface area contributed by atoms with Crippen molar-refractivity contribution < 1.29 is 4.79 Å². The average molecular weight is 283 g/mol. The summed E-state index contributed by atoms with van der Waals surface area (Å²) in [4.78, 5) is 14.0. The molecule has 4 heteroatoms. The van der Waals surface area contributed by atoms with E-state index >= 15 is 0 Å². The Balaban J connectivity index is 2.66. The lowest BCUT2D eigenvalue weighted by Gasteiger charge is -2.27. The van der Waals surface area contributed by atoms with Gasteiger partial charge in [-0.3, -0.25) is 4.79 Å². The van der Waals surface area contributed by atoms with Gasteiger partial charge >= 0.3 is 0 Å². The van der Waals surface area contributed by atoms with Gasteiger partial charge in [-0.05, 0) is 38.1 Å². The van der Waals surface area contributed by atoms with Gasteiger partial charge in [-0.25, -0.2) is 0 Å². The Morgan fingerprint density at radius 3 is 2.68 bits per heavy atom. The minimum atomic E-state index is 0.0278. The van der Waals surface area contributed by atoms with Crippen LogP contribution in [0.5, 0.6) is 0 Å². The van der Waals surface area contributed by atoms with Crippen LogP contribution >= 0.6 is 11.6 Å². The number of rotatable bonds is 6. The van der Waals surface area contributed by atoms with Crippen molar-refractivity contribution in [2.75, 3.05) is 13.6 Å². The Kier molecular flexibility index (Phi) is 6.32. The number of hydrogen-bond acceptors (Lipinski definition) is 2. The molecule has 0 saturated heterocycles. The number of amides is 1. The highest BCUT2D eigenvalue weighted by atomic mass is 35.5. The van der Waals surface area contributed by atoms with Crippen LogP contribution in [0.3, 0.4) is 0 Å². The lowest BCUT2D eigenvalue weighted by atomic mass is 10.1. The molecule has 1 rings (SSSR count). The van der Waals surface area contributed by atoms with Crippen LogP contribution < -0.4 is 5.32 Å². The molecule has 0 saturated carbocycles. The quantitative estimate of drug-likeness (QED) is 0.869. The normalized spacial score (nSPS) is 13.9. The number of hydrogen-bond donors (Lipinski definition) is 1. The molecule has 0 aliphatic carbocycles. The second kappa shape index (κ2) is 7.51. The molecule has 3 nitrogen and oxygen atoms in total. The minimum absolute atomic E-state index is 0.0278. The van der Waals surface area contributed by atoms with Gasteiger partial charge in [0.1, 0.15) is 0 Å². The fraction of sp³-hybridized carbons (Fsp3) is 0.533. The molecule has 0 spiro atoms. The van der Waals surface area contributed by atoms with Crippen molar-refractivity contribution in [3.05, 3.63) is 34.9 Å². The third kappa shape index (κ3) is 4.84. The first-order chi connectivity index (χ1) is 8.95. The van der Waals surface area contributed by atoms with Crippen molar-refractivity contribution in [2.24, 2.45) is 0 Å². The number of nitrogens with zero attached hydrogens (tertiary/aromatic N) is 1. The van der Waals surface area contributed by atoms with Gasteiger partial charge in [0.2, 0.25) is 5.91 Å². The van der Waals surface area contributed by atoms with Gasteiger partial charge in [0.25, 0.3) is 0 Å². The molecular weight excluding hydrogens is 260 g/mol. The van der Waals surface area contributed by atoms with Gasteiger partial charge < -0.3 is 10.2 Å². The van der Waals surface area contributed by atoms with Crippen molar-refractivity contribution in [3.63, 3.8) is 0 Å². The molecule has 1 aromatic carbocycles. The Labute approximate surface area is 120 Å². The van der Waals surface area contributed by atoms with Crippen molar-refractivity contribution in [2.45, 2.75) is 39.3 Å². The van der Waals surface area contributed by atoms with Crippen LogP contribution in [0, 0.1) is 0 Å². The van der Waals surface area contributed by atoms with E-state index in [1.807, 2.05) is 52.1 Å². The monoisotopic (exact) mass is 282 g/mol. The van der Waals surface area contributed by atoms with E-state index in [0.717, 1.165) is 12.1 Å². The number of benzene rings is 1. The average Bonchev–Trinajstić information content (AvgIpc) is 2.37. The lowest BCUT2D eigenvalue weighted by Crippen LogP contribution is -2.36. The molecular formula is C15H23ClN2O. The van der Waals surface area contributed by atoms with Gasteiger partial charge in [0, 0.05) is 24.5 Å². The van der Waals surface area contributed by atoms with E-state index in [0.29, 0.717) is 11.4 Å². The standard InChI is InChI=1S/C15H23ClN2O/c1-5-17-11(2)9-15(19)18(4)12(3)13-7-6-8-14(16)10-13/h6-8,10-12,17H,5,9H2,1-4H3. The Morgan fingerprint density at radius 1 is 1.42 bits per heavy atom. The Morgan fingerprint density at radius 2 is 2.11 bits per heavy atom. The molecule has 0 heterocycles. The Hall–Kier alpha value is -1.06. The van der Waals surface area contributed by atoms with E-state index in [-0.39, 0.29) is 18.0 Å². The number of carbonyl (C=O) groups excluding carboxylic acids is 1. The van der Waals surface area contributed by atoms with Gasteiger partial charge in [-0.2, -0.15) is 0 Å². The molecule has 0 bridgehead atoms. The van der Waals surface area contributed by atoms with E-state index in [2.05, 4.69) is 5.32 Å². The molecule has 1 N–H and O–H groups in total. The maximum Gasteiger partial charge on any atom is 0.224 e. The molecule has 0 aliphatic rings. The molecule has 19 heavy (non-hydrogen) atoms. The SMILES string of the molecule is CCNC(C)CC(=O)N(C)C(C)c1cccc(Cl)c1. The fourth-order valence-electron chi connectivity index (χ4n) is 2.03. The third-order valence-corrected chi connectivity index (χ3v) is 3.57. The number of halogens is 1. The highest BCUT2D eigenvalue weighted by molar-refractivity contribution is 6.30. The van der Waals surface area contributed by atoms with Crippen molar-refractivity contribution in [1.82, 2.24) is 10.2 Å². The zero-order valence-electron chi connectivity index (χ0n) is 12.1. The van der Waals surface area contributed by atoms with E-state index in [1.165, 1.54) is 0 Å². The van der Waals surface area contributed by atoms with Crippen LogP contribution in [0.2, 0.25) is 5.02 Å². The number of nitrogens with one attached hydrogen (secondary N) is 1. The summed E-state index contributed by atoms with van der Waals surface area (Å²) in [5.41, 5.74) is 1.06. The highest BCUT2D eigenvalue weighted by Crippen LogP contribution is 2.22. The number of carbonyl (C=O) groups is 1. The molecule has 2 unspecified atom stereocenters. The molecule has 0 radical (unpaired) electrons. The van der Waals surface area contributed by atoms with Crippen LogP contribution in [0.25, 0.3) is 0 Å². The summed E-state index contributed by atoms with van der Waals surface area (Å²) in [5, 5.41) is 3.95. The maximum absolute atomic E-state index is 12.2. The van der Waals surface area contributed by atoms with Crippen LogP contribution in [0.1, 0.15) is 38.8 Å². The highest BCUT2D eigenvalue weighted by Gasteiger charge is 2.19. The zero-order chi connectivity index (χ0) is 14.4. The van der Waals surface area contributed by atoms with Crippen molar-refractivity contribution in [3.8, 4) is 0 Å². The van der Waals surface area contributed by atoms with E-state index in [4.69, 9.17) is 11.6 Å². The summed E-state index contributed by atoms with van der Waals surface area (Å²) in [6.07, 6.45) is 0.509. The summed E-state index contributed by atoms with van der Waals surface area (Å²) in [5.74, 6) is 0.140. The molecule has 2 atom stereocenters. The largest absolute Gasteiger partial charge is 0.339 e. The molecule has 1 amide bonds. The first-order valence-corrected chi connectivity index (χ1v) is 7.08. The fourth-order valence-corrected chi connectivity index (χ4v) is 2.23. The van der Waals surface area contributed by atoms with Gasteiger partial charge in [0.15, 0.2) is 0 Å². The molecule has 106 valence electrons. The molecule has 0 aliphatic heterocycles. The van der Waals surface area contributed by atoms with Crippen molar-refractivity contribution >= 4 is 17.5 Å². The summed E-state index contributed by atoms with van der Waals surface area (Å²) in [6.45, 7) is 6.96. The van der Waals surface area contributed by atoms with Gasteiger partial charge in [-0.15, -0.1) is 0 Å². The molecule has 0 fully saturated rings. The maximum atomic E-state index is 12.2. The van der Waals surface area contributed by atoms with E-state index < -0.39 is 0 Å². The summed E-state index contributed by atoms with van der Waals surface area (Å²) in [6, 6.07) is 7.88. The summed E-state index contributed by atoms with van der Waals surface area (Å²) < 4.78 is 0. The molecule has 0 aromatic heterocycles. The van der Waals surface area contributed by atoms with E-state index in [1.54, 1.807) is 4.90 Å². The lowest BCUT2D eigenvalue weighted by molar-refractivity contribution is -0.132. The van der Waals surface area contributed by atoms with E-state index in [9.17, 15) is 4.79 Å². The summed E-state index contributed by atoms with van der Waals surface area (Å²) >= 11 is 5.99. The minimum Gasteiger partial charge on any atom is -0.339 e. The molecule has 1 aromatic rings. The van der Waals surface area contributed by atoms with Gasteiger partial charge in [-0.1, -0.05) is 30.7 Å². The second-order valence-electron chi connectivity index (χ2n) is 4.90. The first-order valence-electron chi connectivity index (χ1n) is 6.70. The van der Waals surface area contributed by atoms with Crippen molar-refractivity contribution in [1.29, 1.82) is 0 Å². The predicted octanol–water partition coefficient (Wildman–Crippen LogP) is 3.25. The zero-order valence-corrected chi connectivity index (χ0v) is 12.9. The predicted molar refractivity (Wildman–Crippen MR) is 80.4 cm³/mol. The topological polar surface area (TPSA) is 32.3 Å². The van der Waals surface area contributed by atoms with Crippen LogP contribution in [-0.4, -0.2) is 30.4 Å². The Bertz CT molecular complexity index is 422. The van der Waals surface area contributed by atoms with Crippen LogP contribution in [0.15, 0.2) is 24.3 Å². The smallest absolute Gasteiger partial charge is 0.224 e.